The Morgan fingerprint density at radius 2 is 1.83 bits per heavy atom. The fourth-order valence-electron chi connectivity index (χ4n) is 3.52. The Balaban J connectivity index is 1.54. The standard InChI is InChI=1S/C23H21N3O3/c1-28-22-18(11-25)8-9-20(29-14-16-2-3-16)21(22)23(27)26-12-19(13-26)17-6-4-15(10-24)5-7-17/h4-9,16,19H,2-3,12-14H2,1H3. The van der Waals surface area contributed by atoms with Crippen LogP contribution in [0.1, 0.15) is 45.8 Å². The van der Waals surface area contributed by atoms with Gasteiger partial charge in [0.1, 0.15) is 17.4 Å². The number of ether oxygens (including phenoxy) is 2. The van der Waals surface area contributed by atoms with E-state index in [1.165, 1.54) is 7.11 Å². The summed E-state index contributed by atoms with van der Waals surface area (Å²) in [5.41, 5.74) is 2.37. The van der Waals surface area contributed by atoms with Gasteiger partial charge in [-0.3, -0.25) is 4.79 Å². The van der Waals surface area contributed by atoms with Crippen LogP contribution >= 0.6 is 0 Å². The largest absolute Gasteiger partial charge is 0.494 e. The van der Waals surface area contributed by atoms with Gasteiger partial charge in [-0.2, -0.15) is 10.5 Å². The van der Waals surface area contributed by atoms with Crippen molar-refractivity contribution >= 4 is 5.91 Å². The highest BCUT2D eigenvalue weighted by Crippen LogP contribution is 2.38. The Labute approximate surface area is 169 Å². The summed E-state index contributed by atoms with van der Waals surface area (Å²) in [4.78, 5) is 15.0. The van der Waals surface area contributed by atoms with E-state index >= 15 is 0 Å². The van der Waals surface area contributed by atoms with E-state index < -0.39 is 0 Å². The predicted molar refractivity (Wildman–Crippen MR) is 106 cm³/mol. The molecule has 0 bridgehead atoms. The quantitative estimate of drug-likeness (QED) is 0.757. The van der Waals surface area contributed by atoms with Crippen molar-refractivity contribution in [2.45, 2.75) is 18.8 Å². The highest BCUT2D eigenvalue weighted by atomic mass is 16.5. The SMILES string of the molecule is COc1c(C#N)ccc(OCC2CC2)c1C(=O)N1CC(c2ccc(C#N)cc2)C1. The number of rotatable bonds is 6. The minimum atomic E-state index is -0.186. The Morgan fingerprint density at radius 1 is 1.10 bits per heavy atom. The van der Waals surface area contributed by atoms with Gasteiger partial charge in [0, 0.05) is 19.0 Å². The Morgan fingerprint density at radius 3 is 2.41 bits per heavy atom. The van der Waals surface area contributed by atoms with Crippen molar-refractivity contribution in [3.05, 3.63) is 58.7 Å². The van der Waals surface area contributed by atoms with Crippen molar-refractivity contribution < 1.29 is 14.3 Å². The van der Waals surface area contributed by atoms with Gasteiger partial charge in [-0.1, -0.05) is 12.1 Å². The maximum absolute atomic E-state index is 13.2. The first kappa shape index (κ1) is 18.8. The van der Waals surface area contributed by atoms with E-state index in [1.54, 1.807) is 29.2 Å². The van der Waals surface area contributed by atoms with E-state index in [2.05, 4.69) is 12.1 Å². The average molecular weight is 387 g/mol. The Kier molecular flexibility index (Phi) is 5.10. The topological polar surface area (TPSA) is 86.3 Å². The third-order valence-corrected chi connectivity index (χ3v) is 5.51. The number of amides is 1. The van der Waals surface area contributed by atoms with E-state index in [0.29, 0.717) is 48.1 Å². The number of benzene rings is 2. The van der Waals surface area contributed by atoms with E-state index in [0.717, 1.165) is 18.4 Å². The van der Waals surface area contributed by atoms with Crippen LogP contribution in [0.2, 0.25) is 0 Å². The molecule has 2 fully saturated rings. The van der Waals surface area contributed by atoms with Gasteiger partial charge in [0.2, 0.25) is 0 Å². The third-order valence-electron chi connectivity index (χ3n) is 5.51. The maximum Gasteiger partial charge on any atom is 0.261 e. The summed E-state index contributed by atoms with van der Waals surface area (Å²) in [5.74, 6) is 1.33. The lowest BCUT2D eigenvalue weighted by Gasteiger charge is -2.40. The number of hydrogen-bond donors (Lipinski definition) is 0. The van der Waals surface area contributed by atoms with Gasteiger partial charge in [-0.15, -0.1) is 0 Å². The van der Waals surface area contributed by atoms with Crippen molar-refractivity contribution in [1.82, 2.24) is 4.90 Å². The minimum absolute atomic E-state index is 0.186. The summed E-state index contributed by atoms with van der Waals surface area (Å²) < 4.78 is 11.3. The summed E-state index contributed by atoms with van der Waals surface area (Å²) >= 11 is 0. The molecule has 2 aromatic carbocycles. The number of carbonyl (C=O) groups excluding carboxylic acids is 1. The van der Waals surface area contributed by atoms with Crippen LogP contribution in [0.4, 0.5) is 0 Å². The van der Waals surface area contributed by atoms with Crippen LogP contribution in [0.25, 0.3) is 0 Å². The molecule has 146 valence electrons. The van der Waals surface area contributed by atoms with E-state index in [9.17, 15) is 10.1 Å². The van der Waals surface area contributed by atoms with Crippen molar-refractivity contribution in [1.29, 1.82) is 10.5 Å². The second kappa shape index (κ2) is 7.85. The van der Waals surface area contributed by atoms with Crippen molar-refractivity contribution in [2.75, 3.05) is 26.8 Å². The third kappa shape index (κ3) is 3.75. The van der Waals surface area contributed by atoms with Crippen LogP contribution in [-0.4, -0.2) is 37.6 Å². The van der Waals surface area contributed by atoms with Crippen LogP contribution in [-0.2, 0) is 0 Å². The molecular weight excluding hydrogens is 366 g/mol. The molecule has 0 atom stereocenters. The number of methoxy groups -OCH3 is 1. The first-order valence-electron chi connectivity index (χ1n) is 9.67. The number of hydrogen-bond acceptors (Lipinski definition) is 5. The second-order valence-electron chi connectivity index (χ2n) is 7.53. The molecule has 4 rings (SSSR count). The molecule has 29 heavy (non-hydrogen) atoms. The second-order valence-corrected chi connectivity index (χ2v) is 7.53. The Hall–Kier alpha value is -3.51. The number of carbonyl (C=O) groups is 1. The lowest BCUT2D eigenvalue weighted by Crippen LogP contribution is -2.48. The molecule has 1 amide bonds. The fraction of sp³-hybridized carbons (Fsp3) is 0.348. The first-order chi connectivity index (χ1) is 14.1. The molecule has 1 aliphatic heterocycles. The molecule has 1 heterocycles. The van der Waals surface area contributed by atoms with Gasteiger partial charge >= 0.3 is 0 Å². The lowest BCUT2D eigenvalue weighted by molar-refractivity contribution is 0.0594. The normalized spacial score (nSPS) is 15.8. The van der Waals surface area contributed by atoms with Crippen molar-refractivity contribution in [3.8, 4) is 23.6 Å². The molecule has 6 nitrogen and oxygen atoms in total. The average Bonchev–Trinajstić information content (AvgIpc) is 3.55. The number of likely N-dealkylation sites (tertiary alicyclic amines) is 1. The van der Waals surface area contributed by atoms with Crippen LogP contribution in [0.5, 0.6) is 11.5 Å². The zero-order chi connectivity index (χ0) is 20.4. The first-order valence-corrected chi connectivity index (χ1v) is 9.67. The summed E-state index contributed by atoms with van der Waals surface area (Å²) in [6.07, 6.45) is 2.30. The van der Waals surface area contributed by atoms with Gasteiger partial charge in [0.25, 0.3) is 5.91 Å². The number of nitrogens with zero attached hydrogens (tertiary/aromatic N) is 3. The smallest absolute Gasteiger partial charge is 0.261 e. The van der Waals surface area contributed by atoms with Gasteiger partial charge in [0.05, 0.1) is 30.9 Å². The molecule has 0 radical (unpaired) electrons. The van der Waals surface area contributed by atoms with Crippen LogP contribution in [0.15, 0.2) is 36.4 Å². The molecule has 1 aliphatic carbocycles. The highest BCUT2D eigenvalue weighted by molar-refractivity contribution is 6.01. The number of nitriles is 2. The van der Waals surface area contributed by atoms with Gasteiger partial charge in [-0.25, -0.2) is 0 Å². The van der Waals surface area contributed by atoms with Gasteiger partial charge < -0.3 is 14.4 Å². The summed E-state index contributed by atoms with van der Waals surface area (Å²) in [6, 6.07) is 15.0. The summed E-state index contributed by atoms with van der Waals surface area (Å²) in [5, 5.41) is 18.3. The highest BCUT2D eigenvalue weighted by Gasteiger charge is 2.36. The molecule has 2 aromatic rings. The molecule has 0 unspecified atom stereocenters. The van der Waals surface area contributed by atoms with Crippen LogP contribution in [0, 0.1) is 28.6 Å². The van der Waals surface area contributed by atoms with E-state index in [4.69, 9.17) is 14.7 Å². The van der Waals surface area contributed by atoms with Crippen molar-refractivity contribution in [2.24, 2.45) is 5.92 Å². The molecule has 0 N–H and O–H groups in total. The fourth-order valence-corrected chi connectivity index (χ4v) is 3.52. The van der Waals surface area contributed by atoms with Crippen LogP contribution < -0.4 is 9.47 Å². The zero-order valence-corrected chi connectivity index (χ0v) is 16.2. The summed E-state index contributed by atoms with van der Waals surface area (Å²) in [7, 11) is 1.47. The van der Waals surface area contributed by atoms with Crippen LogP contribution in [0.3, 0.4) is 0 Å². The minimum Gasteiger partial charge on any atom is -0.494 e. The maximum atomic E-state index is 13.2. The van der Waals surface area contributed by atoms with E-state index in [1.807, 2.05) is 12.1 Å². The van der Waals surface area contributed by atoms with Gasteiger partial charge in [-0.05, 0) is 48.6 Å². The molecule has 0 spiro atoms. The lowest BCUT2D eigenvalue weighted by atomic mass is 9.90. The molecule has 1 saturated heterocycles. The van der Waals surface area contributed by atoms with E-state index in [-0.39, 0.29) is 17.6 Å². The Bertz CT molecular complexity index is 1010. The van der Waals surface area contributed by atoms with Gasteiger partial charge in [0.15, 0.2) is 5.75 Å². The summed E-state index contributed by atoms with van der Waals surface area (Å²) in [6.45, 7) is 1.72. The van der Waals surface area contributed by atoms with Crippen molar-refractivity contribution in [3.63, 3.8) is 0 Å². The molecular formula is C23H21N3O3. The molecule has 2 aliphatic rings. The molecule has 0 aromatic heterocycles. The predicted octanol–water partition coefficient (Wildman–Crippen LogP) is 3.47. The molecule has 1 saturated carbocycles. The monoisotopic (exact) mass is 387 g/mol. The zero-order valence-electron chi connectivity index (χ0n) is 16.2. The molecule has 6 heteroatoms.